The number of aromatic nitrogens is 4. The molecule has 1 saturated heterocycles. The van der Waals surface area contributed by atoms with Gasteiger partial charge in [-0.25, -0.2) is 4.98 Å². The zero-order valence-electron chi connectivity index (χ0n) is 22.7. The monoisotopic (exact) mass is 623 g/mol. The Morgan fingerprint density at radius 2 is 1.62 bits per heavy atom. The lowest BCUT2D eigenvalue weighted by Gasteiger charge is -2.34. The number of nitrogens with one attached hydrogen (secondary N) is 1. The topological polar surface area (TPSA) is 211 Å². The summed E-state index contributed by atoms with van der Waals surface area (Å²) < 4.78 is 2.24. The largest absolute Gasteiger partial charge is 0.412 e. The molecular formula is C26H44Cl3N7O4. The van der Waals surface area contributed by atoms with Crippen molar-refractivity contribution < 1.29 is 21.9 Å². The Balaban J connectivity index is -0.00000196. The molecule has 1 unspecified atom stereocenters. The maximum absolute atomic E-state index is 6.30. The Hall–Kier alpha value is -2.32. The fraction of sp³-hybridized carbons (Fsp3) is 0.423. The molecule has 0 radical (unpaired) electrons. The standard InChI is InChI=1S/C26H33N7.3ClH.4H2O/c1-18(2)22(27)17-32-13-9-21(10-14-32)30-26-31-23-8-12-28-15-24(23)33(26)16-20-6-3-5-19-7-4-11-29-25(19)20;;;;;;;/h3-8,11-12,15,18,21-22H,9-10,13-14,16-17,27H2,1-2H3,(H,30,31);3*1H;4*1H2. The van der Waals surface area contributed by atoms with Crippen LogP contribution in [0.25, 0.3) is 21.9 Å². The van der Waals surface area contributed by atoms with Gasteiger partial charge in [0.2, 0.25) is 5.95 Å². The Morgan fingerprint density at radius 3 is 2.30 bits per heavy atom. The fourth-order valence-electron chi connectivity index (χ4n) is 4.66. The Kier molecular flexibility index (Phi) is 19.9. The summed E-state index contributed by atoms with van der Waals surface area (Å²) in [5, 5.41) is 4.90. The van der Waals surface area contributed by atoms with Gasteiger partial charge in [0.1, 0.15) is 0 Å². The minimum atomic E-state index is 0. The van der Waals surface area contributed by atoms with E-state index in [4.69, 9.17) is 10.7 Å². The summed E-state index contributed by atoms with van der Waals surface area (Å²) >= 11 is 0. The van der Waals surface area contributed by atoms with Gasteiger partial charge in [-0.1, -0.05) is 38.1 Å². The molecule has 0 aliphatic carbocycles. The van der Waals surface area contributed by atoms with Gasteiger partial charge in [-0.15, -0.1) is 37.2 Å². The molecule has 228 valence electrons. The summed E-state index contributed by atoms with van der Waals surface area (Å²) in [6.45, 7) is 8.19. The smallest absolute Gasteiger partial charge is 0.204 e. The van der Waals surface area contributed by atoms with Gasteiger partial charge in [0.15, 0.2) is 0 Å². The number of imidazole rings is 1. The van der Waals surface area contributed by atoms with Crippen LogP contribution < -0.4 is 11.1 Å². The number of likely N-dealkylation sites (tertiary alicyclic amines) is 1. The number of benzene rings is 1. The molecule has 4 aromatic rings. The number of halogens is 3. The minimum absolute atomic E-state index is 0. The number of hydrogen-bond donors (Lipinski definition) is 2. The van der Waals surface area contributed by atoms with E-state index in [1.807, 2.05) is 24.5 Å². The van der Waals surface area contributed by atoms with Gasteiger partial charge >= 0.3 is 0 Å². The molecule has 1 fully saturated rings. The number of pyridine rings is 2. The van der Waals surface area contributed by atoms with E-state index >= 15 is 0 Å². The maximum atomic E-state index is 6.30. The first-order chi connectivity index (χ1) is 16.1. The summed E-state index contributed by atoms with van der Waals surface area (Å²) in [6.07, 6.45) is 7.74. The van der Waals surface area contributed by atoms with Crippen molar-refractivity contribution in [1.82, 2.24) is 24.4 Å². The van der Waals surface area contributed by atoms with Crippen LogP contribution in [0.4, 0.5) is 5.95 Å². The lowest BCUT2D eigenvalue weighted by atomic mass is 10.0. The van der Waals surface area contributed by atoms with Crippen LogP contribution in [0.15, 0.2) is 55.0 Å². The van der Waals surface area contributed by atoms with Crippen molar-refractivity contribution >= 4 is 65.1 Å². The van der Waals surface area contributed by atoms with Crippen molar-refractivity contribution in [1.29, 1.82) is 0 Å². The zero-order valence-corrected chi connectivity index (χ0v) is 25.2. The summed E-state index contributed by atoms with van der Waals surface area (Å²) in [5.74, 6) is 1.42. The molecule has 40 heavy (non-hydrogen) atoms. The van der Waals surface area contributed by atoms with Crippen molar-refractivity contribution in [3.63, 3.8) is 0 Å². The van der Waals surface area contributed by atoms with Crippen LogP contribution in [0.2, 0.25) is 0 Å². The highest BCUT2D eigenvalue weighted by molar-refractivity contribution is 5.86. The maximum Gasteiger partial charge on any atom is 0.204 e. The predicted molar refractivity (Wildman–Crippen MR) is 170 cm³/mol. The van der Waals surface area contributed by atoms with Gasteiger partial charge in [0, 0.05) is 49.5 Å². The molecule has 1 aliphatic heterocycles. The van der Waals surface area contributed by atoms with Crippen LogP contribution in [0.1, 0.15) is 32.3 Å². The van der Waals surface area contributed by atoms with Crippen LogP contribution in [-0.4, -0.2) is 78.0 Å². The molecule has 3 aromatic heterocycles. The molecule has 1 atom stereocenters. The van der Waals surface area contributed by atoms with E-state index in [-0.39, 0.29) is 65.2 Å². The Labute approximate surface area is 253 Å². The van der Waals surface area contributed by atoms with Crippen LogP contribution in [0.3, 0.4) is 0 Å². The number of nitrogens with two attached hydrogens (primary N) is 1. The fourth-order valence-corrected chi connectivity index (χ4v) is 4.66. The van der Waals surface area contributed by atoms with E-state index < -0.39 is 0 Å². The third-order valence-electron chi connectivity index (χ3n) is 6.84. The summed E-state index contributed by atoms with van der Waals surface area (Å²) in [4.78, 5) is 16.4. The van der Waals surface area contributed by atoms with Crippen LogP contribution in [-0.2, 0) is 6.54 Å². The first-order valence-electron chi connectivity index (χ1n) is 12.0. The molecular weight excluding hydrogens is 581 g/mol. The van der Waals surface area contributed by atoms with Crippen molar-refractivity contribution in [2.45, 2.75) is 45.3 Å². The highest BCUT2D eigenvalue weighted by Gasteiger charge is 2.23. The normalized spacial score (nSPS) is 13.7. The van der Waals surface area contributed by atoms with E-state index in [0.29, 0.717) is 18.5 Å². The Bertz CT molecular complexity index is 1250. The Morgan fingerprint density at radius 1 is 0.950 bits per heavy atom. The van der Waals surface area contributed by atoms with Crippen LogP contribution >= 0.6 is 37.2 Å². The first-order valence-corrected chi connectivity index (χ1v) is 12.0. The number of nitrogens with zero attached hydrogens (tertiary/aromatic N) is 5. The lowest BCUT2D eigenvalue weighted by molar-refractivity contribution is 0.194. The SMILES string of the molecule is CC(C)C(N)CN1CCC(Nc2nc3ccncc3n2Cc2cccc3cccnc23)CC1.Cl.Cl.Cl.O.O.O.O. The summed E-state index contributed by atoms with van der Waals surface area (Å²) in [7, 11) is 0. The number of anilines is 1. The van der Waals surface area contributed by atoms with E-state index in [0.717, 1.165) is 60.4 Å². The van der Waals surface area contributed by atoms with Gasteiger partial charge < -0.3 is 42.4 Å². The molecule has 11 N–H and O–H groups in total. The van der Waals surface area contributed by atoms with Gasteiger partial charge in [0.25, 0.3) is 0 Å². The van der Waals surface area contributed by atoms with Crippen molar-refractivity contribution in [3.8, 4) is 0 Å². The molecule has 1 aliphatic rings. The van der Waals surface area contributed by atoms with E-state index in [9.17, 15) is 0 Å². The van der Waals surface area contributed by atoms with Crippen molar-refractivity contribution in [2.75, 3.05) is 25.0 Å². The molecule has 4 heterocycles. The van der Waals surface area contributed by atoms with Gasteiger partial charge in [0.05, 0.1) is 29.3 Å². The molecule has 0 saturated carbocycles. The second-order valence-electron chi connectivity index (χ2n) is 9.51. The summed E-state index contributed by atoms with van der Waals surface area (Å²) in [6, 6.07) is 13.1. The van der Waals surface area contributed by atoms with E-state index in [1.54, 1.807) is 6.20 Å². The highest BCUT2D eigenvalue weighted by atomic mass is 35.5. The molecule has 0 spiro atoms. The van der Waals surface area contributed by atoms with Gasteiger partial charge in [-0.3, -0.25) is 9.97 Å². The zero-order chi connectivity index (χ0) is 22.8. The third kappa shape index (κ3) is 9.37. The second-order valence-corrected chi connectivity index (χ2v) is 9.51. The van der Waals surface area contributed by atoms with Crippen molar-refractivity contribution in [2.24, 2.45) is 11.7 Å². The van der Waals surface area contributed by atoms with E-state index in [2.05, 4.69) is 62.9 Å². The molecule has 5 rings (SSSR count). The molecule has 0 bridgehead atoms. The molecule has 11 nitrogen and oxygen atoms in total. The number of rotatable bonds is 7. The molecule has 14 heteroatoms. The average Bonchev–Trinajstić information content (AvgIpc) is 3.17. The minimum Gasteiger partial charge on any atom is -0.412 e. The summed E-state index contributed by atoms with van der Waals surface area (Å²) in [5.41, 5.74) is 10.5. The first kappa shape index (κ1) is 42.2. The number of piperidine rings is 1. The molecule has 0 amide bonds. The number of fused-ring (bicyclic) bond motifs is 2. The van der Waals surface area contributed by atoms with Gasteiger partial charge in [-0.05, 0) is 36.5 Å². The third-order valence-corrected chi connectivity index (χ3v) is 6.84. The van der Waals surface area contributed by atoms with Crippen LogP contribution in [0, 0.1) is 5.92 Å². The average molecular weight is 625 g/mol. The molecule has 1 aromatic carbocycles. The highest BCUT2D eigenvalue weighted by Crippen LogP contribution is 2.25. The number of hydrogen-bond acceptors (Lipinski definition) is 6. The van der Waals surface area contributed by atoms with Crippen molar-refractivity contribution in [3.05, 3.63) is 60.6 Å². The van der Waals surface area contributed by atoms with Gasteiger partial charge in [-0.2, -0.15) is 0 Å². The van der Waals surface area contributed by atoms with Crippen LogP contribution in [0.5, 0.6) is 0 Å². The predicted octanol–water partition coefficient (Wildman–Crippen LogP) is 1.85. The quantitative estimate of drug-likeness (QED) is 0.313. The second kappa shape index (κ2) is 18.9. The van der Waals surface area contributed by atoms with E-state index in [1.165, 1.54) is 5.56 Å². The lowest BCUT2D eigenvalue weighted by Crippen LogP contribution is -2.46. The number of para-hydroxylation sites is 1.